The van der Waals surface area contributed by atoms with Gasteiger partial charge in [-0.15, -0.1) is 12.6 Å². The molecule has 0 aromatic carbocycles. The summed E-state index contributed by atoms with van der Waals surface area (Å²) in [7, 11) is 0. The van der Waals surface area contributed by atoms with Crippen LogP contribution in [0.15, 0.2) is 22.9 Å². The second kappa shape index (κ2) is 2.13. The predicted molar refractivity (Wildman–Crippen MR) is 35.8 cm³/mol. The van der Waals surface area contributed by atoms with Crippen molar-refractivity contribution in [2.75, 3.05) is 6.54 Å². The van der Waals surface area contributed by atoms with Crippen LogP contribution in [0.4, 0.5) is 0 Å². The summed E-state index contributed by atoms with van der Waals surface area (Å²) in [5.41, 5.74) is 0. The van der Waals surface area contributed by atoms with Gasteiger partial charge in [-0.1, -0.05) is 0 Å². The molecule has 0 spiro atoms. The van der Waals surface area contributed by atoms with Crippen molar-refractivity contribution in [2.45, 2.75) is 0 Å². The van der Waals surface area contributed by atoms with Gasteiger partial charge in [0.05, 0.1) is 5.03 Å². The van der Waals surface area contributed by atoms with Crippen molar-refractivity contribution in [1.82, 2.24) is 5.32 Å². The molecule has 0 saturated carbocycles. The van der Waals surface area contributed by atoms with E-state index in [1.807, 2.05) is 0 Å². The Kier molecular flexibility index (Phi) is 1.48. The first-order valence-corrected chi connectivity index (χ1v) is 2.77. The quantitative estimate of drug-likeness (QED) is 0.423. The number of allylic oxidation sites excluding steroid dienone is 1. The molecule has 0 saturated heterocycles. The molecule has 3 heteroatoms. The SMILES string of the molecule is OC1=CCNC(S)=C1. The highest BCUT2D eigenvalue weighted by Crippen LogP contribution is 2.04. The van der Waals surface area contributed by atoms with Gasteiger partial charge >= 0.3 is 0 Å². The van der Waals surface area contributed by atoms with Gasteiger partial charge in [0.2, 0.25) is 0 Å². The Labute approximate surface area is 53.3 Å². The number of hydrogen-bond donors (Lipinski definition) is 3. The average Bonchev–Trinajstić information content (AvgIpc) is 1.64. The third-order valence-electron chi connectivity index (χ3n) is 0.879. The van der Waals surface area contributed by atoms with Gasteiger partial charge in [-0.05, 0) is 6.08 Å². The largest absolute Gasteiger partial charge is 0.508 e. The smallest absolute Gasteiger partial charge is 0.115 e. The van der Waals surface area contributed by atoms with Gasteiger partial charge in [-0.3, -0.25) is 0 Å². The Bertz CT molecular complexity index is 151. The van der Waals surface area contributed by atoms with Crippen LogP contribution in [0.2, 0.25) is 0 Å². The fraction of sp³-hybridized carbons (Fsp3) is 0.200. The molecule has 1 rings (SSSR count). The monoisotopic (exact) mass is 129 g/mol. The van der Waals surface area contributed by atoms with Gasteiger partial charge in [0.1, 0.15) is 5.76 Å². The molecule has 0 amide bonds. The Hall–Kier alpha value is -0.570. The van der Waals surface area contributed by atoms with Crippen LogP contribution in [-0.4, -0.2) is 11.7 Å². The number of rotatable bonds is 0. The number of hydrogen-bond acceptors (Lipinski definition) is 3. The van der Waals surface area contributed by atoms with Crippen LogP contribution in [0.1, 0.15) is 0 Å². The van der Waals surface area contributed by atoms with Crippen molar-refractivity contribution >= 4 is 12.6 Å². The molecule has 0 bridgehead atoms. The highest BCUT2D eigenvalue weighted by molar-refractivity contribution is 7.84. The summed E-state index contributed by atoms with van der Waals surface area (Å²) in [5.74, 6) is 0.286. The first-order chi connectivity index (χ1) is 3.79. The fourth-order valence-corrected chi connectivity index (χ4v) is 0.734. The van der Waals surface area contributed by atoms with Crippen LogP contribution in [0.5, 0.6) is 0 Å². The van der Waals surface area contributed by atoms with E-state index in [-0.39, 0.29) is 5.76 Å². The molecule has 2 nitrogen and oxygen atoms in total. The van der Waals surface area contributed by atoms with Gasteiger partial charge < -0.3 is 10.4 Å². The van der Waals surface area contributed by atoms with Crippen molar-refractivity contribution in [3.8, 4) is 0 Å². The van der Waals surface area contributed by atoms with E-state index < -0.39 is 0 Å². The Morgan fingerprint density at radius 2 is 2.50 bits per heavy atom. The van der Waals surface area contributed by atoms with Crippen molar-refractivity contribution in [2.24, 2.45) is 0 Å². The molecule has 0 unspecified atom stereocenters. The summed E-state index contributed by atoms with van der Waals surface area (Å²) < 4.78 is 0. The Morgan fingerprint density at radius 1 is 1.75 bits per heavy atom. The standard InChI is InChI=1S/C5H7NOS/c7-4-1-2-6-5(8)3-4/h1,3,6-8H,2H2. The zero-order chi connectivity index (χ0) is 5.98. The molecule has 44 valence electrons. The molecule has 0 aliphatic carbocycles. The number of dihydropyridines is 1. The van der Waals surface area contributed by atoms with E-state index in [2.05, 4.69) is 17.9 Å². The Morgan fingerprint density at radius 3 is 2.88 bits per heavy atom. The topological polar surface area (TPSA) is 32.3 Å². The highest BCUT2D eigenvalue weighted by atomic mass is 32.1. The second-order valence-corrected chi connectivity index (χ2v) is 2.02. The summed E-state index contributed by atoms with van der Waals surface area (Å²) in [4.78, 5) is 0. The van der Waals surface area contributed by atoms with E-state index in [0.29, 0.717) is 11.6 Å². The lowest BCUT2D eigenvalue weighted by molar-refractivity contribution is 0.426. The van der Waals surface area contributed by atoms with Crippen LogP contribution >= 0.6 is 12.6 Å². The molecular weight excluding hydrogens is 122 g/mol. The maximum Gasteiger partial charge on any atom is 0.115 e. The minimum atomic E-state index is 0.286. The zero-order valence-corrected chi connectivity index (χ0v) is 5.15. The molecule has 1 aliphatic heterocycles. The molecule has 0 atom stereocenters. The average molecular weight is 129 g/mol. The van der Waals surface area contributed by atoms with Gasteiger partial charge in [0, 0.05) is 12.6 Å². The van der Waals surface area contributed by atoms with E-state index in [0.717, 1.165) is 0 Å². The van der Waals surface area contributed by atoms with E-state index in [9.17, 15) is 0 Å². The first kappa shape index (κ1) is 5.56. The Balaban J connectivity index is 2.69. The summed E-state index contributed by atoms with van der Waals surface area (Å²) in [6.07, 6.45) is 3.24. The maximum absolute atomic E-state index is 8.78. The van der Waals surface area contributed by atoms with E-state index in [1.165, 1.54) is 0 Å². The van der Waals surface area contributed by atoms with Crippen LogP contribution < -0.4 is 5.32 Å². The van der Waals surface area contributed by atoms with E-state index in [1.54, 1.807) is 12.2 Å². The van der Waals surface area contributed by atoms with Crippen LogP contribution in [-0.2, 0) is 0 Å². The maximum atomic E-state index is 8.78. The number of nitrogens with one attached hydrogen (secondary N) is 1. The molecule has 0 fully saturated rings. The number of aliphatic hydroxyl groups excluding tert-OH is 1. The lowest BCUT2D eigenvalue weighted by Crippen LogP contribution is -2.13. The van der Waals surface area contributed by atoms with Gasteiger partial charge in [-0.25, -0.2) is 0 Å². The summed E-state index contributed by atoms with van der Waals surface area (Å²) >= 11 is 3.97. The predicted octanol–water partition coefficient (Wildman–Crippen LogP) is 0.803. The molecule has 0 aromatic rings. The third-order valence-corrected chi connectivity index (χ3v) is 1.17. The second-order valence-electron chi connectivity index (χ2n) is 1.54. The molecule has 8 heavy (non-hydrogen) atoms. The molecule has 0 radical (unpaired) electrons. The molecule has 2 N–H and O–H groups in total. The molecule has 1 aliphatic rings. The summed E-state index contributed by atoms with van der Waals surface area (Å²) in [6.45, 7) is 0.668. The lowest BCUT2D eigenvalue weighted by Gasteiger charge is -2.06. The van der Waals surface area contributed by atoms with Crippen LogP contribution in [0.25, 0.3) is 0 Å². The van der Waals surface area contributed by atoms with Crippen LogP contribution in [0, 0.1) is 0 Å². The van der Waals surface area contributed by atoms with Gasteiger partial charge in [-0.2, -0.15) is 0 Å². The van der Waals surface area contributed by atoms with Gasteiger partial charge in [0.25, 0.3) is 0 Å². The minimum Gasteiger partial charge on any atom is -0.508 e. The molecular formula is C5H7NOS. The van der Waals surface area contributed by atoms with Crippen molar-refractivity contribution in [3.05, 3.63) is 22.9 Å². The number of thiol groups is 1. The van der Waals surface area contributed by atoms with Crippen molar-refractivity contribution in [3.63, 3.8) is 0 Å². The minimum absolute atomic E-state index is 0.286. The van der Waals surface area contributed by atoms with E-state index in [4.69, 9.17) is 5.11 Å². The van der Waals surface area contributed by atoms with Crippen LogP contribution in [0.3, 0.4) is 0 Å². The molecule has 1 heterocycles. The molecule has 0 aromatic heterocycles. The van der Waals surface area contributed by atoms with Crippen molar-refractivity contribution in [1.29, 1.82) is 0 Å². The first-order valence-electron chi connectivity index (χ1n) is 2.33. The normalized spacial score (nSPS) is 18.6. The number of aliphatic hydroxyl groups is 1. The fourth-order valence-electron chi connectivity index (χ4n) is 0.510. The van der Waals surface area contributed by atoms with Gasteiger partial charge in [0.15, 0.2) is 0 Å². The van der Waals surface area contributed by atoms with E-state index >= 15 is 0 Å². The van der Waals surface area contributed by atoms with Crippen molar-refractivity contribution < 1.29 is 5.11 Å². The third kappa shape index (κ3) is 1.20. The highest BCUT2D eigenvalue weighted by Gasteiger charge is 1.95. The summed E-state index contributed by atoms with van der Waals surface area (Å²) in [6, 6.07) is 0. The lowest BCUT2D eigenvalue weighted by atomic mass is 10.4. The zero-order valence-electron chi connectivity index (χ0n) is 4.26. The summed E-state index contributed by atoms with van der Waals surface area (Å²) in [5, 5.41) is 12.4.